The molecule has 0 aromatic carbocycles. The second kappa shape index (κ2) is 6.36. The molecule has 0 aliphatic carbocycles. The molecule has 2 heterocycles. The average Bonchev–Trinajstić information content (AvgIpc) is 2.38. The molecule has 1 atom stereocenters. The van der Waals surface area contributed by atoms with Crippen LogP contribution in [0.5, 0.6) is 0 Å². The maximum Gasteiger partial charge on any atom is 0.141 e. The first-order valence-electron chi connectivity index (χ1n) is 6.25. The van der Waals surface area contributed by atoms with Gasteiger partial charge in [0.2, 0.25) is 0 Å². The van der Waals surface area contributed by atoms with Gasteiger partial charge in [-0.15, -0.1) is 0 Å². The molecule has 1 aromatic heterocycles. The SMILES string of the molecule is CCC(NC1CCSCC1)c1ccc(F)cn1. The second-order valence-electron chi connectivity index (χ2n) is 4.42. The van der Waals surface area contributed by atoms with E-state index in [4.69, 9.17) is 0 Å². The highest BCUT2D eigenvalue weighted by molar-refractivity contribution is 7.99. The number of rotatable bonds is 4. The highest BCUT2D eigenvalue weighted by Gasteiger charge is 2.18. The van der Waals surface area contributed by atoms with E-state index in [9.17, 15) is 4.39 Å². The van der Waals surface area contributed by atoms with E-state index in [1.807, 2.05) is 11.8 Å². The molecule has 0 radical (unpaired) electrons. The summed E-state index contributed by atoms with van der Waals surface area (Å²) >= 11 is 2.03. The lowest BCUT2D eigenvalue weighted by molar-refractivity contribution is 0.399. The average molecular weight is 254 g/mol. The van der Waals surface area contributed by atoms with Crippen molar-refractivity contribution in [2.75, 3.05) is 11.5 Å². The Labute approximate surface area is 106 Å². The van der Waals surface area contributed by atoms with Gasteiger partial charge in [0.15, 0.2) is 0 Å². The molecule has 2 nitrogen and oxygen atoms in total. The molecule has 1 aromatic rings. The molecule has 1 saturated heterocycles. The van der Waals surface area contributed by atoms with Crippen molar-refractivity contribution < 1.29 is 4.39 Å². The number of hydrogen-bond acceptors (Lipinski definition) is 3. The summed E-state index contributed by atoms with van der Waals surface area (Å²) in [6.45, 7) is 2.14. The van der Waals surface area contributed by atoms with E-state index in [2.05, 4.69) is 17.2 Å². The normalized spacial score (nSPS) is 19.2. The molecule has 1 aliphatic heterocycles. The van der Waals surface area contributed by atoms with Gasteiger partial charge in [-0.05, 0) is 42.9 Å². The zero-order chi connectivity index (χ0) is 12.1. The van der Waals surface area contributed by atoms with Crippen molar-refractivity contribution in [1.82, 2.24) is 10.3 Å². The van der Waals surface area contributed by atoms with Crippen molar-refractivity contribution in [2.24, 2.45) is 0 Å². The smallest absolute Gasteiger partial charge is 0.141 e. The van der Waals surface area contributed by atoms with Gasteiger partial charge >= 0.3 is 0 Å². The van der Waals surface area contributed by atoms with Crippen molar-refractivity contribution in [1.29, 1.82) is 0 Å². The maximum atomic E-state index is 12.8. The zero-order valence-electron chi connectivity index (χ0n) is 10.2. The monoisotopic (exact) mass is 254 g/mol. The first-order chi connectivity index (χ1) is 8.29. The third kappa shape index (κ3) is 3.68. The van der Waals surface area contributed by atoms with E-state index in [1.54, 1.807) is 6.07 Å². The van der Waals surface area contributed by atoms with Crippen LogP contribution in [0, 0.1) is 5.82 Å². The van der Waals surface area contributed by atoms with Gasteiger partial charge in [-0.3, -0.25) is 4.98 Å². The minimum atomic E-state index is -0.266. The van der Waals surface area contributed by atoms with Gasteiger partial charge in [0.1, 0.15) is 5.82 Å². The third-order valence-electron chi connectivity index (χ3n) is 3.17. The standard InChI is InChI=1S/C13H19FN2S/c1-2-12(13-4-3-10(14)9-15-13)16-11-5-7-17-8-6-11/h3-4,9,11-12,16H,2,5-8H2,1H3. The number of hydrogen-bond donors (Lipinski definition) is 1. The molecular formula is C13H19FN2S. The predicted octanol–water partition coefficient (Wildman–Crippen LogP) is 3.16. The number of halogens is 1. The summed E-state index contributed by atoms with van der Waals surface area (Å²) < 4.78 is 12.8. The topological polar surface area (TPSA) is 24.9 Å². The van der Waals surface area contributed by atoms with E-state index in [0.29, 0.717) is 6.04 Å². The molecule has 0 bridgehead atoms. The zero-order valence-corrected chi connectivity index (χ0v) is 11.0. The van der Waals surface area contributed by atoms with Crippen LogP contribution in [-0.4, -0.2) is 22.5 Å². The van der Waals surface area contributed by atoms with Crippen LogP contribution in [0.4, 0.5) is 4.39 Å². The van der Waals surface area contributed by atoms with Crippen LogP contribution in [0.2, 0.25) is 0 Å². The molecule has 1 N–H and O–H groups in total. The molecule has 4 heteroatoms. The molecule has 17 heavy (non-hydrogen) atoms. The fourth-order valence-electron chi connectivity index (χ4n) is 2.15. The van der Waals surface area contributed by atoms with Gasteiger partial charge in [0.25, 0.3) is 0 Å². The molecule has 1 fully saturated rings. The largest absolute Gasteiger partial charge is 0.306 e. The summed E-state index contributed by atoms with van der Waals surface area (Å²) in [5.41, 5.74) is 0.951. The molecule has 94 valence electrons. The molecule has 0 spiro atoms. The van der Waals surface area contributed by atoms with Crippen LogP contribution in [0.3, 0.4) is 0 Å². The Morgan fingerprint density at radius 1 is 1.47 bits per heavy atom. The van der Waals surface area contributed by atoms with Crippen LogP contribution in [0.1, 0.15) is 37.9 Å². The summed E-state index contributed by atoms with van der Waals surface area (Å²) in [5.74, 6) is 2.22. The van der Waals surface area contributed by atoms with E-state index in [-0.39, 0.29) is 11.9 Å². The number of aromatic nitrogens is 1. The van der Waals surface area contributed by atoms with Crippen LogP contribution < -0.4 is 5.32 Å². The highest BCUT2D eigenvalue weighted by Crippen LogP contribution is 2.21. The van der Waals surface area contributed by atoms with E-state index in [1.165, 1.54) is 36.6 Å². The lowest BCUT2D eigenvalue weighted by Crippen LogP contribution is -2.35. The van der Waals surface area contributed by atoms with Gasteiger partial charge in [-0.25, -0.2) is 4.39 Å². The Morgan fingerprint density at radius 2 is 2.24 bits per heavy atom. The van der Waals surface area contributed by atoms with E-state index < -0.39 is 0 Å². The lowest BCUT2D eigenvalue weighted by Gasteiger charge is -2.27. The van der Waals surface area contributed by atoms with Crippen molar-refractivity contribution >= 4 is 11.8 Å². The first kappa shape index (κ1) is 12.8. The van der Waals surface area contributed by atoms with Crippen LogP contribution in [-0.2, 0) is 0 Å². The summed E-state index contributed by atoms with van der Waals surface area (Å²) in [6.07, 6.45) is 4.74. The van der Waals surface area contributed by atoms with Crippen molar-refractivity contribution in [3.63, 3.8) is 0 Å². The fraction of sp³-hybridized carbons (Fsp3) is 0.615. The maximum absolute atomic E-state index is 12.8. The Bertz CT molecular complexity index is 336. The summed E-state index contributed by atoms with van der Waals surface area (Å²) in [7, 11) is 0. The molecular weight excluding hydrogens is 235 g/mol. The number of nitrogens with one attached hydrogen (secondary N) is 1. The van der Waals surface area contributed by atoms with Crippen LogP contribution in [0.25, 0.3) is 0 Å². The Kier molecular flexibility index (Phi) is 4.80. The molecule has 1 aliphatic rings. The minimum Gasteiger partial charge on any atom is -0.306 e. The van der Waals surface area contributed by atoms with Gasteiger partial charge in [0.05, 0.1) is 11.9 Å². The van der Waals surface area contributed by atoms with Crippen molar-refractivity contribution in [3.8, 4) is 0 Å². The van der Waals surface area contributed by atoms with Gasteiger partial charge in [-0.2, -0.15) is 11.8 Å². The van der Waals surface area contributed by atoms with E-state index in [0.717, 1.165) is 12.1 Å². The fourth-order valence-corrected chi connectivity index (χ4v) is 3.26. The number of thioether (sulfide) groups is 1. The number of pyridine rings is 1. The van der Waals surface area contributed by atoms with Gasteiger partial charge < -0.3 is 5.32 Å². The van der Waals surface area contributed by atoms with Crippen LogP contribution in [0.15, 0.2) is 18.3 Å². The molecule has 0 saturated carbocycles. The second-order valence-corrected chi connectivity index (χ2v) is 5.64. The first-order valence-corrected chi connectivity index (χ1v) is 7.40. The summed E-state index contributed by atoms with van der Waals surface area (Å²) in [5, 5.41) is 3.64. The number of nitrogens with zero attached hydrogens (tertiary/aromatic N) is 1. The minimum absolute atomic E-state index is 0.253. The van der Waals surface area contributed by atoms with Crippen molar-refractivity contribution in [3.05, 3.63) is 29.8 Å². The van der Waals surface area contributed by atoms with Crippen LogP contribution >= 0.6 is 11.8 Å². The summed E-state index contributed by atoms with van der Waals surface area (Å²) in [6, 6.07) is 4.12. The quantitative estimate of drug-likeness (QED) is 0.893. The Balaban J connectivity index is 1.97. The van der Waals surface area contributed by atoms with Gasteiger partial charge in [0, 0.05) is 12.1 Å². The molecule has 2 rings (SSSR count). The third-order valence-corrected chi connectivity index (χ3v) is 4.22. The Morgan fingerprint density at radius 3 is 2.82 bits per heavy atom. The predicted molar refractivity (Wildman–Crippen MR) is 70.7 cm³/mol. The van der Waals surface area contributed by atoms with Crippen molar-refractivity contribution in [2.45, 2.75) is 38.3 Å². The molecule has 1 unspecified atom stereocenters. The van der Waals surface area contributed by atoms with E-state index >= 15 is 0 Å². The Hall–Kier alpha value is -0.610. The summed E-state index contributed by atoms with van der Waals surface area (Å²) in [4.78, 5) is 4.17. The van der Waals surface area contributed by atoms with Gasteiger partial charge in [-0.1, -0.05) is 6.92 Å². The highest BCUT2D eigenvalue weighted by atomic mass is 32.2. The molecule has 0 amide bonds. The lowest BCUT2D eigenvalue weighted by atomic mass is 10.1.